The number of H-pyrrole nitrogens is 1. The Labute approximate surface area is 99.1 Å². The van der Waals surface area contributed by atoms with Crippen molar-refractivity contribution in [3.8, 4) is 17.0 Å². The number of nitrogens with one attached hydrogen (secondary N) is 1. The third-order valence-electron chi connectivity index (χ3n) is 2.27. The van der Waals surface area contributed by atoms with Crippen LogP contribution < -0.4 is 10.3 Å². The SMILES string of the molecule is COc1c(-c2cc(F)c(F)c(F)c2)nc[nH]c1=O. The zero-order valence-electron chi connectivity index (χ0n) is 9.13. The number of nitrogens with zero attached hydrogens (tertiary/aromatic N) is 1. The molecule has 1 N–H and O–H groups in total. The highest BCUT2D eigenvalue weighted by molar-refractivity contribution is 5.65. The zero-order valence-corrected chi connectivity index (χ0v) is 9.13. The summed E-state index contributed by atoms with van der Waals surface area (Å²) >= 11 is 0. The Morgan fingerprint density at radius 1 is 1.22 bits per heavy atom. The molecule has 94 valence electrons. The van der Waals surface area contributed by atoms with Gasteiger partial charge < -0.3 is 9.72 Å². The van der Waals surface area contributed by atoms with E-state index in [9.17, 15) is 18.0 Å². The predicted molar refractivity (Wildman–Crippen MR) is 56.7 cm³/mol. The molecule has 0 aliphatic carbocycles. The summed E-state index contributed by atoms with van der Waals surface area (Å²) in [6, 6.07) is 1.48. The number of hydrogen-bond acceptors (Lipinski definition) is 3. The lowest BCUT2D eigenvalue weighted by Crippen LogP contribution is -2.11. The van der Waals surface area contributed by atoms with Crippen LogP contribution in [0.5, 0.6) is 5.75 Å². The molecule has 1 aromatic carbocycles. The van der Waals surface area contributed by atoms with E-state index >= 15 is 0 Å². The molecule has 0 saturated carbocycles. The van der Waals surface area contributed by atoms with Crippen LogP contribution in [0.4, 0.5) is 13.2 Å². The van der Waals surface area contributed by atoms with Gasteiger partial charge in [-0.15, -0.1) is 0 Å². The minimum atomic E-state index is -1.58. The highest BCUT2D eigenvalue weighted by atomic mass is 19.2. The summed E-state index contributed by atoms with van der Waals surface area (Å²) < 4.78 is 43.8. The van der Waals surface area contributed by atoms with Gasteiger partial charge in [-0.25, -0.2) is 18.2 Å². The van der Waals surface area contributed by atoms with Gasteiger partial charge >= 0.3 is 0 Å². The van der Waals surface area contributed by atoms with Crippen molar-refractivity contribution in [2.45, 2.75) is 0 Å². The summed E-state index contributed by atoms with van der Waals surface area (Å²) in [6.07, 6.45) is 1.05. The standard InChI is InChI=1S/C11H7F3N2O2/c1-18-10-9(15-4-16-11(10)17)5-2-6(12)8(14)7(13)3-5/h2-4H,1H3,(H,15,16,17). The minimum absolute atomic E-state index is 0.0703. The molecule has 1 heterocycles. The second-order valence-electron chi connectivity index (χ2n) is 3.37. The molecule has 18 heavy (non-hydrogen) atoms. The number of rotatable bonds is 2. The minimum Gasteiger partial charge on any atom is -0.490 e. The Balaban J connectivity index is 2.70. The number of methoxy groups -OCH3 is 1. The van der Waals surface area contributed by atoms with Crippen molar-refractivity contribution in [1.29, 1.82) is 0 Å². The van der Waals surface area contributed by atoms with Crippen molar-refractivity contribution < 1.29 is 17.9 Å². The lowest BCUT2D eigenvalue weighted by atomic mass is 10.1. The van der Waals surface area contributed by atoms with Crippen molar-refractivity contribution in [2.75, 3.05) is 7.11 Å². The lowest BCUT2D eigenvalue weighted by molar-refractivity contribution is 0.407. The summed E-state index contributed by atoms with van der Waals surface area (Å²) in [4.78, 5) is 17.4. The summed E-state index contributed by atoms with van der Waals surface area (Å²) in [5.41, 5.74) is -0.763. The number of aromatic nitrogens is 2. The Morgan fingerprint density at radius 3 is 2.39 bits per heavy atom. The van der Waals surface area contributed by atoms with Gasteiger partial charge in [0.05, 0.1) is 13.4 Å². The molecule has 0 aliphatic rings. The van der Waals surface area contributed by atoms with Gasteiger partial charge in [0.2, 0.25) is 5.75 Å². The molecule has 2 aromatic rings. The van der Waals surface area contributed by atoms with Gasteiger partial charge in [0.1, 0.15) is 5.69 Å². The monoisotopic (exact) mass is 256 g/mol. The molecule has 0 amide bonds. The average Bonchev–Trinajstić information content (AvgIpc) is 2.35. The van der Waals surface area contributed by atoms with Crippen LogP contribution in [0.1, 0.15) is 0 Å². The summed E-state index contributed by atoms with van der Waals surface area (Å²) in [5.74, 6) is -4.52. The molecule has 0 atom stereocenters. The van der Waals surface area contributed by atoms with Crippen molar-refractivity contribution >= 4 is 0 Å². The van der Waals surface area contributed by atoms with Crippen LogP contribution in [-0.2, 0) is 0 Å². The smallest absolute Gasteiger partial charge is 0.293 e. The molecule has 0 aliphatic heterocycles. The molecule has 0 spiro atoms. The summed E-state index contributed by atoms with van der Waals surface area (Å²) in [6.45, 7) is 0. The number of halogens is 3. The van der Waals surface area contributed by atoms with Crippen LogP contribution in [0.15, 0.2) is 23.3 Å². The van der Waals surface area contributed by atoms with Crippen LogP contribution in [0, 0.1) is 17.5 Å². The van der Waals surface area contributed by atoms with Crippen molar-refractivity contribution in [3.63, 3.8) is 0 Å². The van der Waals surface area contributed by atoms with Gasteiger partial charge in [0, 0.05) is 5.56 Å². The zero-order chi connectivity index (χ0) is 13.3. The summed E-state index contributed by atoms with van der Waals surface area (Å²) in [5, 5.41) is 0. The van der Waals surface area contributed by atoms with Crippen molar-refractivity contribution in [1.82, 2.24) is 9.97 Å². The van der Waals surface area contributed by atoms with E-state index in [1.165, 1.54) is 7.11 Å². The quantitative estimate of drug-likeness (QED) is 0.834. The third-order valence-corrected chi connectivity index (χ3v) is 2.27. The van der Waals surface area contributed by atoms with Gasteiger partial charge in [0.15, 0.2) is 17.5 Å². The maximum absolute atomic E-state index is 13.1. The van der Waals surface area contributed by atoms with Crippen LogP contribution in [-0.4, -0.2) is 17.1 Å². The molecular weight excluding hydrogens is 249 g/mol. The number of aromatic amines is 1. The van der Waals surface area contributed by atoms with E-state index in [2.05, 4.69) is 9.97 Å². The Bertz CT molecular complexity index is 632. The first kappa shape index (κ1) is 12.2. The van der Waals surface area contributed by atoms with Crippen LogP contribution >= 0.6 is 0 Å². The second-order valence-corrected chi connectivity index (χ2v) is 3.37. The highest BCUT2D eigenvalue weighted by Gasteiger charge is 2.16. The maximum Gasteiger partial charge on any atom is 0.293 e. The largest absolute Gasteiger partial charge is 0.490 e. The van der Waals surface area contributed by atoms with Crippen molar-refractivity contribution in [2.24, 2.45) is 0 Å². The van der Waals surface area contributed by atoms with Gasteiger partial charge in [-0.2, -0.15) is 0 Å². The van der Waals surface area contributed by atoms with Gasteiger partial charge in [0.25, 0.3) is 5.56 Å². The fraction of sp³-hybridized carbons (Fsp3) is 0.0909. The Morgan fingerprint density at radius 2 is 1.83 bits per heavy atom. The fourth-order valence-corrected chi connectivity index (χ4v) is 1.47. The molecule has 7 heteroatoms. The molecule has 0 bridgehead atoms. The molecule has 4 nitrogen and oxygen atoms in total. The number of benzene rings is 1. The first-order valence-electron chi connectivity index (χ1n) is 4.81. The third kappa shape index (κ3) is 1.94. The van der Waals surface area contributed by atoms with E-state index < -0.39 is 23.0 Å². The number of ether oxygens (including phenoxy) is 1. The lowest BCUT2D eigenvalue weighted by Gasteiger charge is -2.06. The fourth-order valence-electron chi connectivity index (χ4n) is 1.47. The molecular formula is C11H7F3N2O2. The topological polar surface area (TPSA) is 55.0 Å². The molecule has 0 fully saturated rings. The average molecular weight is 256 g/mol. The van der Waals surface area contributed by atoms with E-state index in [4.69, 9.17) is 4.74 Å². The van der Waals surface area contributed by atoms with E-state index in [0.717, 1.165) is 18.5 Å². The van der Waals surface area contributed by atoms with E-state index in [0.29, 0.717) is 0 Å². The molecule has 2 rings (SSSR count). The normalized spacial score (nSPS) is 10.4. The molecule has 0 unspecified atom stereocenters. The molecule has 0 radical (unpaired) electrons. The van der Waals surface area contributed by atoms with Crippen LogP contribution in [0.2, 0.25) is 0 Å². The second kappa shape index (κ2) is 4.52. The molecule has 0 saturated heterocycles. The van der Waals surface area contributed by atoms with E-state index in [1.807, 2.05) is 0 Å². The van der Waals surface area contributed by atoms with Gasteiger partial charge in [-0.05, 0) is 12.1 Å². The number of hydrogen-bond donors (Lipinski definition) is 1. The van der Waals surface area contributed by atoms with Crippen LogP contribution in [0.25, 0.3) is 11.3 Å². The molecule has 1 aromatic heterocycles. The first-order valence-corrected chi connectivity index (χ1v) is 4.81. The maximum atomic E-state index is 13.1. The first-order chi connectivity index (χ1) is 8.54. The van der Waals surface area contributed by atoms with Gasteiger partial charge in [-0.1, -0.05) is 0 Å². The summed E-state index contributed by atoms with van der Waals surface area (Å²) in [7, 11) is 1.21. The highest BCUT2D eigenvalue weighted by Crippen LogP contribution is 2.26. The van der Waals surface area contributed by atoms with Gasteiger partial charge in [-0.3, -0.25) is 4.79 Å². The van der Waals surface area contributed by atoms with E-state index in [-0.39, 0.29) is 17.0 Å². The predicted octanol–water partition coefficient (Wildman–Crippen LogP) is 1.86. The van der Waals surface area contributed by atoms with Crippen molar-refractivity contribution in [3.05, 3.63) is 46.3 Å². The van der Waals surface area contributed by atoms with E-state index in [1.54, 1.807) is 0 Å². The Kier molecular flexibility index (Phi) is 3.05. The van der Waals surface area contributed by atoms with Crippen LogP contribution in [0.3, 0.4) is 0 Å². The Hall–Kier alpha value is -2.31.